The van der Waals surface area contributed by atoms with E-state index in [-0.39, 0.29) is 23.0 Å². The van der Waals surface area contributed by atoms with Crippen molar-refractivity contribution in [3.63, 3.8) is 0 Å². The van der Waals surface area contributed by atoms with Gasteiger partial charge in [-0.15, -0.1) is 11.3 Å². The summed E-state index contributed by atoms with van der Waals surface area (Å²) in [5, 5.41) is 5.31. The molecule has 0 aliphatic carbocycles. The summed E-state index contributed by atoms with van der Waals surface area (Å²) >= 11 is 1.12. The Kier molecular flexibility index (Phi) is 5.24. The number of rotatable bonds is 6. The largest absolute Gasteiger partial charge is 0.469 e. The van der Waals surface area contributed by atoms with Gasteiger partial charge < -0.3 is 15.3 Å². The molecule has 0 aliphatic heterocycles. The Hall–Kier alpha value is -2.16. The average molecular weight is 285 g/mol. The summed E-state index contributed by atoms with van der Waals surface area (Å²) in [6.07, 6.45) is -0.601. The maximum Gasteiger partial charge on any atom is 0.309 e. The molecule has 0 saturated heterocycles. The van der Waals surface area contributed by atoms with Gasteiger partial charge in [0.1, 0.15) is 11.8 Å². The highest BCUT2D eigenvalue weighted by Crippen LogP contribution is 2.12. The Morgan fingerprint density at radius 2 is 2.32 bits per heavy atom. The minimum Gasteiger partial charge on any atom is -0.469 e. The Morgan fingerprint density at radius 3 is 2.79 bits per heavy atom. The molecule has 8 nitrogen and oxygen atoms in total. The molecule has 1 heterocycles. The van der Waals surface area contributed by atoms with Crippen molar-refractivity contribution < 1.29 is 19.2 Å². The van der Waals surface area contributed by atoms with Crippen molar-refractivity contribution in [2.45, 2.75) is 19.4 Å². The first kappa shape index (κ1) is 14.9. The molecule has 103 valence electrons. The number of thiazole rings is 1. The maximum absolute atomic E-state index is 11.1. The normalized spacial score (nSPS) is 12.8. The van der Waals surface area contributed by atoms with Crippen LogP contribution in [0.4, 0.5) is 5.13 Å². The quantitative estimate of drug-likeness (QED) is 0.452. The molecule has 0 aromatic carbocycles. The topological polar surface area (TPSA) is 128 Å². The number of carbonyl (C=O) groups is 2. The Labute approximate surface area is 113 Å². The highest BCUT2D eigenvalue weighted by atomic mass is 32.1. The second-order valence-electron chi connectivity index (χ2n) is 3.54. The number of nitrogens with two attached hydrogens (primary N) is 1. The van der Waals surface area contributed by atoms with Crippen molar-refractivity contribution in [3.05, 3.63) is 11.1 Å². The van der Waals surface area contributed by atoms with Crippen LogP contribution in [0, 0.1) is 0 Å². The van der Waals surface area contributed by atoms with Gasteiger partial charge in [0.2, 0.25) is 0 Å². The molecule has 1 radical (unpaired) electrons. The number of aromatic nitrogens is 1. The fraction of sp³-hybridized carbons (Fsp3) is 0.400. The lowest BCUT2D eigenvalue weighted by Crippen LogP contribution is -2.20. The summed E-state index contributed by atoms with van der Waals surface area (Å²) in [5.74, 6) is -1.50. The number of nitrogen functional groups attached to an aromatic ring is 1. The number of hydrogen-bond donors (Lipinski definition) is 1. The summed E-state index contributed by atoms with van der Waals surface area (Å²) in [6, 6.07) is 0. The second-order valence-corrected chi connectivity index (χ2v) is 4.43. The third kappa shape index (κ3) is 4.54. The van der Waals surface area contributed by atoms with E-state index in [1.165, 1.54) is 12.5 Å². The standard InChI is InChI=1S/C10H13N4O4S/c1-5(3-7(15)17-2)18-14-8(9(11)16)6-4-19-10(12)13-6/h4-5,11H,3H2,1-2H3,(H2,12,13). The van der Waals surface area contributed by atoms with Crippen molar-refractivity contribution in [1.82, 2.24) is 10.7 Å². The third-order valence-electron chi connectivity index (χ3n) is 1.99. The monoisotopic (exact) mass is 285 g/mol. The number of oxime groups is 1. The molecule has 1 aromatic rings. The Balaban J connectivity index is 2.75. The van der Waals surface area contributed by atoms with Crippen LogP contribution in [0.3, 0.4) is 0 Å². The molecule has 19 heavy (non-hydrogen) atoms. The van der Waals surface area contributed by atoms with Crippen molar-refractivity contribution in [3.8, 4) is 0 Å². The summed E-state index contributed by atoms with van der Waals surface area (Å²) in [7, 11) is 1.26. The summed E-state index contributed by atoms with van der Waals surface area (Å²) in [4.78, 5) is 30.9. The lowest BCUT2D eigenvalue weighted by Gasteiger charge is -2.08. The number of amides is 1. The average Bonchev–Trinajstić information content (AvgIpc) is 2.75. The number of anilines is 1. The van der Waals surface area contributed by atoms with Crippen LogP contribution in [0.1, 0.15) is 19.0 Å². The van der Waals surface area contributed by atoms with Crippen LogP contribution >= 0.6 is 11.3 Å². The van der Waals surface area contributed by atoms with E-state index in [2.05, 4.69) is 14.9 Å². The lowest BCUT2D eigenvalue weighted by atomic mass is 10.3. The van der Waals surface area contributed by atoms with Crippen LogP contribution in [0.25, 0.3) is 0 Å². The molecule has 0 aliphatic rings. The van der Waals surface area contributed by atoms with Gasteiger partial charge in [-0.2, -0.15) is 0 Å². The van der Waals surface area contributed by atoms with E-state index in [0.717, 1.165) is 11.3 Å². The first-order valence-electron chi connectivity index (χ1n) is 5.22. The molecular weight excluding hydrogens is 272 g/mol. The molecule has 1 amide bonds. The van der Waals surface area contributed by atoms with Crippen LogP contribution in [0.5, 0.6) is 0 Å². The third-order valence-corrected chi connectivity index (χ3v) is 2.66. The number of methoxy groups -OCH3 is 1. The number of carbonyl (C=O) groups excluding carboxylic acids is 2. The van der Waals surface area contributed by atoms with Crippen LogP contribution in [-0.4, -0.2) is 35.8 Å². The number of ether oxygens (including phenoxy) is 1. The highest BCUT2D eigenvalue weighted by Gasteiger charge is 2.17. The number of nitrogens with zero attached hydrogens (tertiary/aromatic N) is 2. The van der Waals surface area contributed by atoms with Gasteiger partial charge in [0.25, 0.3) is 5.91 Å². The van der Waals surface area contributed by atoms with Crippen molar-refractivity contribution in [1.29, 1.82) is 0 Å². The van der Waals surface area contributed by atoms with Crippen LogP contribution in [0.2, 0.25) is 0 Å². The minimum absolute atomic E-state index is 0.0152. The van der Waals surface area contributed by atoms with Crippen LogP contribution < -0.4 is 11.5 Å². The molecule has 1 atom stereocenters. The number of esters is 1. The zero-order valence-electron chi connectivity index (χ0n) is 10.4. The first-order valence-corrected chi connectivity index (χ1v) is 6.10. The summed E-state index contributed by atoms with van der Waals surface area (Å²) in [5.41, 5.74) is 12.4. The van der Waals surface area contributed by atoms with Gasteiger partial charge in [-0.05, 0) is 6.92 Å². The van der Waals surface area contributed by atoms with Crippen molar-refractivity contribution >= 4 is 34.1 Å². The van der Waals surface area contributed by atoms with Crippen molar-refractivity contribution in [2.24, 2.45) is 5.16 Å². The molecule has 0 bridgehead atoms. The van der Waals surface area contributed by atoms with E-state index in [9.17, 15) is 9.59 Å². The number of nitrogens with one attached hydrogen (secondary N) is 1. The first-order chi connectivity index (χ1) is 8.93. The SMILES string of the molecule is COC(=O)CC(C)ON=C(C([NH])=O)c1csc(N)n1. The van der Waals surface area contributed by atoms with Gasteiger partial charge in [0, 0.05) is 5.38 Å². The lowest BCUT2D eigenvalue weighted by molar-refractivity contribution is -0.143. The molecule has 0 spiro atoms. The molecule has 9 heteroatoms. The maximum atomic E-state index is 11.1. The fourth-order valence-electron chi connectivity index (χ4n) is 1.10. The van der Waals surface area contributed by atoms with Gasteiger partial charge in [0.15, 0.2) is 10.8 Å². The smallest absolute Gasteiger partial charge is 0.309 e. The van der Waals surface area contributed by atoms with Gasteiger partial charge in [-0.3, -0.25) is 15.3 Å². The van der Waals surface area contributed by atoms with Gasteiger partial charge in [-0.25, -0.2) is 4.98 Å². The van der Waals surface area contributed by atoms with Crippen LogP contribution in [0.15, 0.2) is 10.5 Å². The van der Waals surface area contributed by atoms with E-state index in [4.69, 9.17) is 16.3 Å². The van der Waals surface area contributed by atoms with Gasteiger partial charge in [0.05, 0.1) is 13.5 Å². The minimum atomic E-state index is -1.05. The predicted octanol–water partition coefficient (Wildman–Crippen LogP) is 0.207. The molecule has 0 saturated carbocycles. The zero-order valence-corrected chi connectivity index (χ0v) is 11.2. The van der Waals surface area contributed by atoms with Crippen molar-refractivity contribution in [2.75, 3.05) is 12.8 Å². The van der Waals surface area contributed by atoms with E-state index in [1.54, 1.807) is 6.92 Å². The van der Waals surface area contributed by atoms with E-state index < -0.39 is 18.0 Å². The van der Waals surface area contributed by atoms with E-state index >= 15 is 0 Å². The number of hydrogen-bond acceptors (Lipinski definition) is 8. The van der Waals surface area contributed by atoms with Crippen LogP contribution in [-0.2, 0) is 19.2 Å². The predicted molar refractivity (Wildman–Crippen MR) is 68.3 cm³/mol. The summed E-state index contributed by atoms with van der Waals surface area (Å²) < 4.78 is 4.46. The second kappa shape index (κ2) is 6.69. The van der Waals surface area contributed by atoms with E-state index in [1.807, 2.05) is 0 Å². The van der Waals surface area contributed by atoms with E-state index in [0.29, 0.717) is 0 Å². The Morgan fingerprint density at radius 1 is 1.63 bits per heavy atom. The fourth-order valence-corrected chi connectivity index (χ4v) is 1.65. The molecule has 1 unspecified atom stereocenters. The van der Waals surface area contributed by atoms with Gasteiger partial charge in [-0.1, -0.05) is 5.16 Å². The molecule has 3 N–H and O–H groups in total. The molecule has 0 fully saturated rings. The summed E-state index contributed by atoms with van der Waals surface area (Å²) in [6.45, 7) is 1.59. The zero-order chi connectivity index (χ0) is 14.4. The van der Waals surface area contributed by atoms with Gasteiger partial charge >= 0.3 is 5.97 Å². The molecular formula is C10H13N4O4S. The molecule has 1 rings (SSSR count). The molecule has 1 aromatic heterocycles. The highest BCUT2D eigenvalue weighted by molar-refractivity contribution is 7.13. The Bertz CT molecular complexity index is 499.